The highest BCUT2D eigenvalue weighted by Gasteiger charge is 2.27. The molecule has 0 aromatic rings. The maximum atomic E-state index is 12.3. The van der Waals surface area contributed by atoms with E-state index in [1.807, 2.05) is 41.5 Å². The quantitative estimate of drug-likeness (QED) is 0.309. The molecule has 8 nitrogen and oxygen atoms in total. The Bertz CT molecular complexity index is 429. The smallest absolute Gasteiger partial charge is 0.237 e. The molecule has 148 valence electrons. The lowest BCUT2D eigenvalue weighted by Gasteiger charge is -2.28. The van der Waals surface area contributed by atoms with Crippen LogP contribution in [0, 0.1) is 0 Å². The van der Waals surface area contributed by atoms with E-state index in [1.54, 1.807) is 0 Å². The molecule has 0 bridgehead atoms. The molecule has 0 saturated carbocycles. The lowest BCUT2D eigenvalue weighted by molar-refractivity contribution is -0.126. The van der Waals surface area contributed by atoms with E-state index in [2.05, 4.69) is 16.0 Å². The summed E-state index contributed by atoms with van der Waals surface area (Å²) in [6, 6.07) is -1.58. The molecule has 0 heterocycles. The minimum absolute atomic E-state index is 0.0274. The number of nitrogens with two attached hydrogens (primary N) is 1. The second-order valence-electron chi connectivity index (χ2n) is 8.42. The number of hydrogen-bond donors (Lipinski definition) is 6. The Kier molecular flexibility index (Phi) is 9.57. The second kappa shape index (κ2) is 10.1. The van der Waals surface area contributed by atoms with Crippen molar-refractivity contribution < 1.29 is 19.8 Å². The molecule has 3 unspecified atom stereocenters. The maximum Gasteiger partial charge on any atom is 0.237 e. The first-order valence-corrected chi connectivity index (χ1v) is 8.70. The second-order valence-corrected chi connectivity index (χ2v) is 8.42. The summed E-state index contributed by atoms with van der Waals surface area (Å²) in [6.07, 6.45) is -0.368. The van der Waals surface area contributed by atoms with Gasteiger partial charge < -0.3 is 26.6 Å². The zero-order chi connectivity index (χ0) is 19.8. The molecule has 0 aliphatic carbocycles. The van der Waals surface area contributed by atoms with Gasteiger partial charge in [-0.25, -0.2) is 0 Å². The number of aliphatic hydroxyl groups is 2. The molecular formula is C17H36N4O4. The lowest BCUT2D eigenvalue weighted by atomic mass is 10.0. The van der Waals surface area contributed by atoms with E-state index < -0.39 is 29.4 Å². The number of carbonyl (C=O) groups is 2. The van der Waals surface area contributed by atoms with Crippen LogP contribution >= 0.6 is 0 Å². The first kappa shape index (κ1) is 23.8. The molecule has 7 N–H and O–H groups in total. The maximum absolute atomic E-state index is 12.3. The summed E-state index contributed by atoms with van der Waals surface area (Å²) < 4.78 is 0. The van der Waals surface area contributed by atoms with Gasteiger partial charge in [0.2, 0.25) is 11.8 Å². The summed E-state index contributed by atoms with van der Waals surface area (Å²) in [6.45, 7) is 11.0. The Balaban J connectivity index is 4.72. The summed E-state index contributed by atoms with van der Waals surface area (Å²) in [5, 5.41) is 27.5. The average molecular weight is 360 g/mol. The summed E-state index contributed by atoms with van der Waals surface area (Å²) in [7, 11) is 0. The molecule has 3 atom stereocenters. The third kappa shape index (κ3) is 11.9. The topological polar surface area (TPSA) is 137 Å². The van der Waals surface area contributed by atoms with Crippen LogP contribution in [-0.2, 0) is 9.59 Å². The number of hydrogen-bond acceptors (Lipinski definition) is 6. The van der Waals surface area contributed by atoms with Crippen LogP contribution in [0.15, 0.2) is 0 Å². The number of nitrogens with one attached hydrogen (secondary N) is 3. The summed E-state index contributed by atoms with van der Waals surface area (Å²) in [5.74, 6) is -0.632. The minimum atomic E-state index is -1.12. The molecule has 0 spiro atoms. The first-order valence-electron chi connectivity index (χ1n) is 8.70. The van der Waals surface area contributed by atoms with Crippen LogP contribution in [0.2, 0.25) is 0 Å². The Morgan fingerprint density at radius 3 is 1.92 bits per heavy atom. The third-order valence-electron chi connectivity index (χ3n) is 3.17. The Morgan fingerprint density at radius 2 is 1.48 bits per heavy atom. The number of amides is 2. The van der Waals surface area contributed by atoms with Crippen molar-refractivity contribution in [2.24, 2.45) is 5.73 Å². The Hall–Kier alpha value is -1.22. The Morgan fingerprint density at radius 1 is 1.00 bits per heavy atom. The van der Waals surface area contributed by atoms with E-state index in [0.717, 1.165) is 0 Å². The molecule has 2 amide bonds. The molecule has 0 rings (SSSR count). The van der Waals surface area contributed by atoms with Crippen LogP contribution in [0.5, 0.6) is 0 Å². The standard InChI is InChI=1S/C17H36N4O4/c1-16(2,3)20-14(24)11(18)10-13(23)19-12(8-7-9-22)15(25)21-17(4,5)6/h11-13,19,22-23H,7-10,18H2,1-6H3,(H,20,24)(H,21,25). The molecule has 0 fully saturated rings. The normalized spacial score (nSPS) is 16.0. The van der Waals surface area contributed by atoms with E-state index in [9.17, 15) is 14.7 Å². The zero-order valence-corrected chi connectivity index (χ0v) is 16.3. The van der Waals surface area contributed by atoms with Crippen LogP contribution in [0.4, 0.5) is 0 Å². The number of rotatable bonds is 9. The van der Waals surface area contributed by atoms with Crippen molar-refractivity contribution in [3.63, 3.8) is 0 Å². The molecule has 0 aromatic heterocycles. The molecule has 8 heteroatoms. The van der Waals surface area contributed by atoms with Crippen molar-refractivity contribution in [1.29, 1.82) is 0 Å². The van der Waals surface area contributed by atoms with Gasteiger partial charge in [-0.15, -0.1) is 0 Å². The Labute approximate surface area is 150 Å². The fraction of sp³-hybridized carbons (Fsp3) is 0.882. The third-order valence-corrected chi connectivity index (χ3v) is 3.17. The van der Waals surface area contributed by atoms with E-state index >= 15 is 0 Å². The fourth-order valence-electron chi connectivity index (χ4n) is 2.15. The monoisotopic (exact) mass is 360 g/mol. The van der Waals surface area contributed by atoms with Crippen molar-refractivity contribution in [2.45, 2.75) is 90.2 Å². The average Bonchev–Trinajstić information content (AvgIpc) is 2.39. The van der Waals surface area contributed by atoms with Crippen molar-refractivity contribution in [3.05, 3.63) is 0 Å². The van der Waals surface area contributed by atoms with Crippen molar-refractivity contribution in [3.8, 4) is 0 Å². The molecule has 0 aliphatic heterocycles. The van der Waals surface area contributed by atoms with Gasteiger partial charge in [0.25, 0.3) is 0 Å². The van der Waals surface area contributed by atoms with Crippen LogP contribution in [0.25, 0.3) is 0 Å². The van der Waals surface area contributed by atoms with E-state index in [1.165, 1.54) is 0 Å². The van der Waals surface area contributed by atoms with Gasteiger partial charge in [-0.1, -0.05) is 0 Å². The molecular weight excluding hydrogens is 324 g/mol. The van der Waals surface area contributed by atoms with Gasteiger partial charge in [-0.05, 0) is 54.4 Å². The lowest BCUT2D eigenvalue weighted by Crippen LogP contribution is -2.55. The van der Waals surface area contributed by atoms with Gasteiger partial charge in [0.1, 0.15) is 6.23 Å². The van der Waals surface area contributed by atoms with E-state index in [4.69, 9.17) is 10.8 Å². The molecule has 0 aliphatic rings. The van der Waals surface area contributed by atoms with Gasteiger partial charge in [-0.2, -0.15) is 0 Å². The van der Waals surface area contributed by atoms with E-state index in [-0.39, 0.29) is 24.8 Å². The highest BCUT2D eigenvalue weighted by atomic mass is 16.3. The summed E-state index contributed by atoms with van der Waals surface area (Å²) in [5.41, 5.74) is 5.00. The van der Waals surface area contributed by atoms with Crippen LogP contribution in [-0.4, -0.2) is 58.0 Å². The molecule has 0 radical (unpaired) electrons. The van der Waals surface area contributed by atoms with Crippen LogP contribution in [0.3, 0.4) is 0 Å². The predicted molar refractivity (Wildman–Crippen MR) is 97.6 cm³/mol. The van der Waals surface area contributed by atoms with Gasteiger partial charge in [0, 0.05) is 24.1 Å². The first-order chi connectivity index (χ1) is 11.2. The van der Waals surface area contributed by atoms with Gasteiger partial charge in [0.15, 0.2) is 0 Å². The van der Waals surface area contributed by atoms with Crippen molar-refractivity contribution >= 4 is 11.8 Å². The van der Waals surface area contributed by atoms with Crippen LogP contribution in [0.1, 0.15) is 60.8 Å². The predicted octanol–water partition coefficient (Wildman–Crippen LogP) is -0.418. The highest BCUT2D eigenvalue weighted by Crippen LogP contribution is 2.06. The van der Waals surface area contributed by atoms with Gasteiger partial charge in [-0.3, -0.25) is 14.9 Å². The van der Waals surface area contributed by atoms with Crippen molar-refractivity contribution in [2.75, 3.05) is 6.61 Å². The number of aliphatic hydroxyl groups excluding tert-OH is 2. The minimum Gasteiger partial charge on any atom is -0.396 e. The van der Waals surface area contributed by atoms with Gasteiger partial charge in [0.05, 0.1) is 12.1 Å². The molecule has 0 aromatic carbocycles. The molecule has 25 heavy (non-hydrogen) atoms. The largest absolute Gasteiger partial charge is 0.396 e. The summed E-state index contributed by atoms with van der Waals surface area (Å²) >= 11 is 0. The van der Waals surface area contributed by atoms with Crippen molar-refractivity contribution in [1.82, 2.24) is 16.0 Å². The highest BCUT2D eigenvalue weighted by molar-refractivity contribution is 5.83. The van der Waals surface area contributed by atoms with E-state index in [0.29, 0.717) is 12.8 Å². The SMILES string of the molecule is CC(C)(C)NC(=O)C(N)CC(O)NC(CCCO)C(=O)NC(C)(C)C. The molecule has 0 saturated heterocycles. The van der Waals surface area contributed by atoms with Gasteiger partial charge >= 0.3 is 0 Å². The van der Waals surface area contributed by atoms with Crippen LogP contribution < -0.4 is 21.7 Å². The summed E-state index contributed by atoms with van der Waals surface area (Å²) in [4.78, 5) is 24.3. The zero-order valence-electron chi connectivity index (χ0n) is 16.3. The number of carbonyl (C=O) groups excluding carboxylic acids is 2. The fourth-order valence-corrected chi connectivity index (χ4v) is 2.15.